The Labute approximate surface area is 120 Å². The van der Waals surface area contributed by atoms with Crippen LogP contribution in [0.2, 0.25) is 0 Å². The molecule has 5 nitrogen and oxygen atoms in total. The molecular formula is C15H24N2O3. The van der Waals surface area contributed by atoms with Gasteiger partial charge in [-0.05, 0) is 31.4 Å². The van der Waals surface area contributed by atoms with Crippen LogP contribution in [-0.2, 0) is 11.3 Å². The van der Waals surface area contributed by atoms with Crippen molar-refractivity contribution in [2.75, 3.05) is 20.2 Å². The number of ether oxygens (including phenoxy) is 1. The van der Waals surface area contributed by atoms with E-state index in [1.165, 1.54) is 26.2 Å². The molecule has 2 unspecified atom stereocenters. The summed E-state index contributed by atoms with van der Waals surface area (Å²) in [6.07, 6.45) is 5.05. The largest absolute Gasteiger partial charge is 0.467 e. The Balaban J connectivity index is 2.06. The number of carbonyl (C=O) groups is 1. The summed E-state index contributed by atoms with van der Waals surface area (Å²) < 4.78 is 10.2. The number of nitrogens with two attached hydrogens (primary N) is 1. The van der Waals surface area contributed by atoms with E-state index in [2.05, 4.69) is 11.8 Å². The van der Waals surface area contributed by atoms with Crippen LogP contribution >= 0.6 is 0 Å². The third-order valence-electron chi connectivity index (χ3n) is 4.29. The molecule has 2 heterocycles. The molecule has 0 spiro atoms. The van der Waals surface area contributed by atoms with Crippen molar-refractivity contribution in [1.82, 2.24) is 4.90 Å². The van der Waals surface area contributed by atoms with Crippen LogP contribution in [-0.4, -0.2) is 37.1 Å². The van der Waals surface area contributed by atoms with Crippen LogP contribution in [0.4, 0.5) is 0 Å². The molecule has 0 aromatic carbocycles. The maximum Gasteiger partial charge on any atom is 0.341 e. The number of methoxy groups -OCH3 is 1. The fraction of sp³-hybridized carbons (Fsp3) is 0.667. The number of hydrogen-bond donors (Lipinski definition) is 1. The minimum absolute atomic E-state index is 0.346. The Morgan fingerprint density at radius 2 is 2.40 bits per heavy atom. The highest BCUT2D eigenvalue weighted by Gasteiger charge is 2.28. The molecule has 1 aromatic rings. The Morgan fingerprint density at radius 3 is 3.05 bits per heavy atom. The number of carbonyl (C=O) groups excluding carboxylic acids is 1. The quantitative estimate of drug-likeness (QED) is 0.836. The number of nitrogens with zero attached hydrogens (tertiary/aromatic N) is 1. The summed E-state index contributed by atoms with van der Waals surface area (Å²) in [6, 6.07) is 2.03. The lowest BCUT2D eigenvalue weighted by atomic mass is 9.89. The van der Waals surface area contributed by atoms with Crippen molar-refractivity contribution in [1.29, 1.82) is 0 Å². The van der Waals surface area contributed by atoms with E-state index in [1.807, 2.05) is 0 Å². The van der Waals surface area contributed by atoms with Gasteiger partial charge in [0.15, 0.2) is 0 Å². The normalized spacial score (nSPS) is 23.8. The Kier molecular flexibility index (Phi) is 5.20. The fourth-order valence-electron chi connectivity index (χ4n) is 2.95. The van der Waals surface area contributed by atoms with Crippen molar-refractivity contribution >= 4 is 5.97 Å². The molecule has 20 heavy (non-hydrogen) atoms. The van der Waals surface area contributed by atoms with Crippen molar-refractivity contribution in [3.05, 3.63) is 23.7 Å². The van der Waals surface area contributed by atoms with Crippen LogP contribution < -0.4 is 5.73 Å². The van der Waals surface area contributed by atoms with Crippen molar-refractivity contribution in [3.63, 3.8) is 0 Å². The first kappa shape index (κ1) is 15.1. The molecular weight excluding hydrogens is 256 g/mol. The molecule has 2 atom stereocenters. The third-order valence-corrected chi connectivity index (χ3v) is 4.29. The van der Waals surface area contributed by atoms with E-state index in [0.717, 1.165) is 18.9 Å². The smallest absolute Gasteiger partial charge is 0.341 e. The molecule has 1 aromatic heterocycles. The highest BCUT2D eigenvalue weighted by molar-refractivity contribution is 5.90. The fourth-order valence-corrected chi connectivity index (χ4v) is 2.95. The molecule has 0 radical (unpaired) electrons. The first-order chi connectivity index (χ1) is 9.69. The summed E-state index contributed by atoms with van der Waals surface area (Å²) in [5, 5.41) is 0. The second-order valence-corrected chi connectivity index (χ2v) is 5.41. The number of rotatable bonds is 5. The van der Waals surface area contributed by atoms with E-state index < -0.39 is 0 Å². The SMILES string of the molecule is CCC1CCN(Cc2occc2C(=O)OC)C(CN)C1. The molecule has 0 saturated carbocycles. The van der Waals surface area contributed by atoms with Gasteiger partial charge in [-0.1, -0.05) is 13.3 Å². The molecule has 2 N–H and O–H groups in total. The lowest BCUT2D eigenvalue weighted by Gasteiger charge is -2.38. The monoisotopic (exact) mass is 280 g/mol. The van der Waals surface area contributed by atoms with Gasteiger partial charge in [0.2, 0.25) is 0 Å². The topological polar surface area (TPSA) is 68.7 Å². The number of hydrogen-bond acceptors (Lipinski definition) is 5. The van der Waals surface area contributed by atoms with Gasteiger partial charge in [0.25, 0.3) is 0 Å². The molecule has 1 aliphatic heterocycles. The zero-order valence-corrected chi connectivity index (χ0v) is 12.3. The predicted molar refractivity (Wildman–Crippen MR) is 76.3 cm³/mol. The van der Waals surface area contributed by atoms with Crippen LogP contribution in [0.15, 0.2) is 16.7 Å². The van der Waals surface area contributed by atoms with Gasteiger partial charge in [0.05, 0.1) is 19.9 Å². The van der Waals surface area contributed by atoms with Gasteiger partial charge in [-0.3, -0.25) is 4.90 Å². The van der Waals surface area contributed by atoms with Gasteiger partial charge in [0.1, 0.15) is 11.3 Å². The zero-order chi connectivity index (χ0) is 14.5. The maximum absolute atomic E-state index is 11.7. The summed E-state index contributed by atoms with van der Waals surface area (Å²) in [4.78, 5) is 14.0. The Hall–Kier alpha value is -1.33. The van der Waals surface area contributed by atoms with E-state index >= 15 is 0 Å². The van der Waals surface area contributed by atoms with Gasteiger partial charge in [-0.25, -0.2) is 4.79 Å². The lowest BCUT2D eigenvalue weighted by Crippen LogP contribution is -2.46. The van der Waals surface area contributed by atoms with Crippen LogP contribution in [0.1, 0.15) is 42.3 Å². The summed E-state index contributed by atoms with van der Waals surface area (Å²) in [5.41, 5.74) is 6.41. The van der Waals surface area contributed by atoms with Crippen molar-refractivity contribution in [2.45, 2.75) is 38.8 Å². The molecule has 1 aliphatic rings. The molecule has 1 saturated heterocycles. The van der Waals surface area contributed by atoms with E-state index in [4.69, 9.17) is 14.9 Å². The highest BCUT2D eigenvalue weighted by Crippen LogP contribution is 2.27. The molecule has 0 aliphatic carbocycles. The van der Waals surface area contributed by atoms with Crippen molar-refractivity contribution in [2.24, 2.45) is 11.7 Å². The van der Waals surface area contributed by atoms with Gasteiger partial charge in [-0.15, -0.1) is 0 Å². The molecule has 0 amide bonds. The molecule has 5 heteroatoms. The highest BCUT2D eigenvalue weighted by atomic mass is 16.5. The van der Waals surface area contributed by atoms with Crippen molar-refractivity contribution in [3.8, 4) is 0 Å². The van der Waals surface area contributed by atoms with E-state index in [-0.39, 0.29) is 5.97 Å². The molecule has 2 rings (SSSR count). The number of likely N-dealkylation sites (tertiary alicyclic amines) is 1. The number of esters is 1. The molecule has 112 valence electrons. The average molecular weight is 280 g/mol. The second-order valence-electron chi connectivity index (χ2n) is 5.41. The maximum atomic E-state index is 11.7. The van der Waals surface area contributed by atoms with Gasteiger partial charge in [0, 0.05) is 12.6 Å². The lowest BCUT2D eigenvalue weighted by molar-refractivity contribution is 0.0590. The van der Waals surface area contributed by atoms with Gasteiger partial charge >= 0.3 is 5.97 Å². The standard InChI is InChI=1S/C15H24N2O3/c1-3-11-4-6-17(12(8-11)9-16)10-14-13(5-7-20-14)15(18)19-2/h5,7,11-12H,3-4,6,8-10,16H2,1-2H3. The number of piperidine rings is 1. The number of furan rings is 1. The minimum Gasteiger partial charge on any atom is -0.467 e. The summed E-state index contributed by atoms with van der Waals surface area (Å²) in [5.74, 6) is 1.09. The Morgan fingerprint density at radius 1 is 1.60 bits per heavy atom. The average Bonchev–Trinajstić information content (AvgIpc) is 2.95. The van der Waals surface area contributed by atoms with E-state index in [0.29, 0.717) is 30.5 Å². The zero-order valence-electron chi connectivity index (χ0n) is 12.3. The second kappa shape index (κ2) is 6.90. The Bertz CT molecular complexity index is 444. The molecule has 0 bridgehead atoms. The first-order valence-corrected chi connectivity index (χ1v) is 7.28. The van der Waals surface area contributed by atoms with Gasteiger partial charge in [-0.2, -0.15) is 0 Å². The first-order valence-electron chi connectivity index (χ1n) is 7.28. The van der Waals surface area contributed by atoms with E-state index in [1.54, 1.807) is 6.07 Å². The summed E-state index contributed by atoms with van der Waals surface area (Å²) in [6.45, 7) is 4.50. The van der Waals surface area contributed by atoms with Gasteiger partial charge < -0.3 is 14.9 Å². The molecule has 1 fully saturated rings. The summed E-state index contributed by atoms with van der Waals surface area (Å²) >= 11 is 0. The summed E-state index contributed by atoms with van der Waals surface area (Å²) in [7, 11) is 1.38. The van der Waals surface area contributed by atoms with Crippen LogP contribution in [0, 0.1) is 5.92 Å². The third kappa shape index (κ3) is 3.22. The van der Waals surface area contributed by atoms with Crippen LogP contribution in [0.5, 0.6) is 0 Å². The minimum atomic E-state index is -0.346. The van der Waals surface area contributed by atoms with Crippen LogP contribution in [0.3, 0.4) is 0 Å². The predicted octanol–water partition coefficient (Wildman–Crippen LogP) is 2.02. The van der Waals surface area contributed by atoms with Crippen LogP contribution in [0.25, 0.3) is 0 Å². The van der Waals surface area contributed by atoms with Crippen molar-refractivity contribution < 1.29 is 13.9 Å². The van der Waals surface area contributed by atoms with E-state index in [9.17, 15) is 4.79 Å².